The maximum absolute atomic E-state index is 14.8. The number of thiazole rings is 1. The van der Waals surface area contributed by atoms with Gasteiger partial charge in [-0.3, -0.25) is 9.62 Å². The molecule has 0 spiro atoms. The number of anilines is 2. The smallest absolute Gasteiger partial charge is 0.266 e. The van der Waals surface area contributed by atoms with E-state index in [-0.39, 0.29) is 34.9 Å². The number of aliphatic hydroxyl groups excluding tert-OH is 1. The predicted octanol–water partition coefficient (Wildman–Crippen LogP) is 3.92. The van der Waals surface area contributed by atoms with Gasteiger partial charge < -0.3 is 10.4 Å². The van der Waals surface area contributed by atoms with E-state index in [4.69, 9.17) is 11.6 Å². The quantitative estimate of drug-likeness (QED) is 0.547. The summed E-state index contributed by atoms with van der Waals surface area (Å²) >= 11 is 7.49. The maximum Gasteiger partial charge on any atom is 0.266 e. The van der Waals surface area contributed by atoms with Crippen molar-refractivity contribution in [2.75, 3.05) is 23.2 Å². The lowest BCUT2D eigenvalue weighted by Crippen LogP contribution is -2.51. The highest BCUT2D eigenvalue weighted by Gasteiger charge is 2.36. The fourth-order valence-corrected chi connectivity index (χ4v) is 6.81. The molecule has 7 nitrogen and oxygen atoms in total. The van der Waals surface area contributed by atoms with E-state index in [0.29, 0.717) is 5.69 Å². The second-order valence-corrected chi connectivity index (χ2v) is 11.0. The molecule has 1 aromatic heterocycles. The van der Waals surface area contributed by atoms with Gasteiger partial charge in [-0.15, -0.1) is 11.3 Å². The third kappa shape index (κ3) is 4.98. The molecule has 4 rings (SSSR count). The lowest BCUT2D eigenvalue weighted by Gasteiger charge is -2.41. The molecule has 1 aliphatic carbocycles. The normalized spacial score (nSPS) is 24.9. The topological polar surface area (TPSA) is 94.6 Å². The van der Waals surface area contributed by atoms with Gasteiger partial charge in [0.05, 0.1) is 17.3 Å². The number of halogens is 2. The van der Waals surface area contributed by atoms with Crippen LogP contribution in [0.4, 0.5) is 15.2 Å². The number of aromatic nitrogens is 1. The molecule has 0 bridgehead atoms. The fourth-order valence-electron chi connectivity index (χ4n) is 4.66. The van der Waals surface area contributed by atoms with Crippen molar-refractivity contribution in [1.82, 2.24) is 9.88 Å². The minimum atomic E-state index is -4.15. The molecular weight excluding hydrogens is 463 g/mol. The average molecular weight is 489 g/mol. The van der Waals surface area contributed by atoms with Gasteiger partial charge in [0, 0.05) is 29.7 Å². The first-order chi connectivity index (χ1) is 14.9. The molecule has 170 valence electrons. The van der Waals surface area contributed by atoms with Crippen LogP contribution in [0.2, 0.25) is 5.02 Å². The SMILES string of the molecule is O=S(=O)(Nc1nccs1)c1cc(Cl)c(N[C@H]2CCCC[C@@H]2N2CCCC2CO)cc1F. The van der Waals surface area contributed by atoms with Crippen molar-refractivity contribution < 1.29 is 17.9 Å². The summed E-state index contributed by atoms with van der Waals surface area (Å²) in [5.74, 6) is -0.877. The van der Waals surface area contributed by atoms with E-state index >= 15 is 0 Å². The molecule has 1 unspecified atom stereocenters. The van der Waals surface area contributed by atoms with Crippen LogP contribution in [0.3, 0.4) is 0 Å². The Hall–Kier alpha value is -1.46. The Kier molecular flexibility index (Phi) is 7.02. The number of rotatable bonds is 7. The first-order valence-electron chi connectivity index (χ1n) is 10.4. The van der Waals surface area contributed by atoms with E-state index < -0.39 is 20.7 Å². The van der Waals surface area contributed by atoms with Crippen LogP contribution in [-0.4, -0.2) is 54.7 Å². The van der Waals surface area contributed by atoms with Crippen molar-refractivity contribution in [3.63, 3.8) is 0 Å². The van der Waals surface area contributed by atoms with Crippen LogP contribution < -0.4 is 10.0 Å². The highest BCUT2D eigenvalue weighted by atomic mass is 35.5. The van der Waals surface area contributed by atoms with Crippen molar-refractivity contribution in [1.29, 1.82) is 0 Å². The summed E-state index contributed by atoms with van der Waals surface area (Å²) in [4.78, 5) is 5.71. The van der Waals surface area contributed by atoms with Gasteiger partial charge in [-0.05, 0) is 44.4 Å². The van der Waals surface area contributed by atoms with Gasteiger partial charge in [-0.2, -0.15) is 0 Å². The number of nitrogens with one attached hydrogen (secondary N) is 2. The zero-order valence-electron chi connectivity index (χ0n) is 16.9. The van der Waals surface area contributed by atoms with Gasteiger partial charge in [0.15, 0.2) is 5.13 Å². The van der Waals surface area contributed by atoms with E-state index in [1.807, 2.05) is 0 Å². The zero-order chi connectivity index (χ0) is 22.0. The summed E-state index contributed by atoms with van der Waals surface area (Å²) in [6.45, 7) is 1.08. The number of likely N-dealkylation sites (tertiary alicyclic amines) is 1. The van der Waals surface area contributed by atoms with E-state index in [2.05, 4.69) is 19.9 Å². The first kappa shape index (κ1) is 22.7. The van der Waals surface area contributed by atoms with Crippen LogP contribution in [0.5, 0.6) is 0 Å². The number of sulfonamides is 1. The Bertz CT molecular complexity index is 1010. The molecule has 2 aromatic rings. The van der Waals surface area contributed by atoms with Gasteiger partial charge >= 0.3 is 0 Å². The summed E-state index contributed by atoms with van der Waals surface area (Å²) in [5.41, 5.74) is 0.379. The molecule has 2 heterocycles. The minimum Gasteiger partial charge on any atom is -0.395 e. The van der Waals surface area contributed by atoms with Crippen LogP contribution in [0.1, 0.15) is 38.5 Å². The van der Waals surface area contributed by atoms with Crippen molar-refractivity contribution in [2.24, 2.45) is 0 Å². The lowest BCUT2D eigenvalue weighted by molar-refractivity contribution is 0.0910. The summed E-state index contributed by atoms with van der Waals surface area (Å²) in [7, 11) is -4.15. The molecule has 1 saturated heterocycles. The Balaban J connectivity index is 1.55. The number of nitrogens with zero attached hydrogens (tertiary/aromatic N) is 2. The number of benzene rings is 1. The summed E-state index contributed by atoms with van der Waals surface area (Å²) in [5, 5.41) is 15.0. The molecule has 31 heavy (non-hydrogen) atoms. The molecule has 1 saturated carbocycles. The number of hydrogen-bond acceptors (Lipinski definition) is 7. The van der Waals surface area contributed by atoms with Crippen molar-refractivity contribution in [2.45, 2.75) is 61.5 Å². The standard InChI is InChI=1S/C20H26ClFN4O3S2/c21-14-10-19(31(28,29)25-20-23-7-9-30-20)15(22)11-17(14)24-16-5-1-2-6-18(16)26-8-3-4-13(26)12-27/h7,9-11,13,16,18,24,27H,1-6,8,12H2,(H,23,25)/t13?,16-,18-/m0/s1. The maximum atomic E-state index is 14.8. The largest absolute Gasteiger partial charge is 0.395 e. The third-order valence-electron chi connectivity index (χ3n) is 6.09. The number of hydrogen-bond donors (Lipinski definition) is 3. The van der Waals surface area contributed by atoms with E-state index in [0.717, 1.165) is 68.5 Å². The zero-order valence-corrected chi connectivity index (χ0v) is 19.3. The molecule has 1 aliphatic heterocycles. The Labute approximate surface area is 190 Å². The first-order valence-corrected chi connectivity index (χ1v) is 13.2. The molecule has 0 amide bonds. The van der Waals surface area contributed by atoms with Gasteiger partial charge in [-0.25, -0.2) is 17.8 Å². The lowest BCUT2D eigenvalue weighted by atomic mass is 9.88. The van der Waals surface area contributed by atoms with E-state index in [9.17, 15) is 17.9 Å². The molecule has 0 radical (unpaired) electrons. The molecule has 2 fully saturated rings. The monoisotopic (exact) mass is 488 g/mol. The van der Waals surface area contributed by atoms with Crippen LogP contribution in [0.25, 0.3) is 0 Å². The Morgan fingerprint density at radius 1 is 1.26 bits per heavy atom. The molecule has 1 aromatic carbocycles. The van der Waals surface area contributed by atoms with Crippen molar-refractivity contribution in [3.8, 4) is 0 Å². The van der Waals surface area contributed by atoms with Crippen LogP contribution in [0, 0.1) is 5.82 Å². The second-order valence-electron chi connectivity index (χ2n) is 8.02. The predicted molar refractivity (Wildman–Crippen MR) is 121 cm³/mol. The van der Waals surface area contributed by atoms with Gasteiger partial charge in [0.2, 0.25) is 0 Å². The Morgan fingerprint density at radius 2 is 2.06 bits per heavy atom. The van der Waals surface area contributed by atoms with Gasteiger partial charge in [0.1, 0.15) is 10.7 Å². The molecular formula is C20H26ClFN4O3S2. The van der Waals surface area contributed by atoms with E-state index in [1.54, 1.807) is 5.38 Å². The molecule has 3 atom stereocenters. The second kappa shape index (κ2) is 9.58. The van der Waals surface area contributed by atoms with Gasteiger partial charge in [0.25, 0.3) is 10.0 Å². The van der Waals surface area contributed by atoms with Gasteiger partial charge in [-0.1, -0.05) is 24.4 Å². The molecule has 11 heteroatoms. The average Bonchev–Trinajstić information content (AvgIpc) is 3.42. The summed E-state index contributed by atoms with van der Waals surface area (Å²) in [6.07, 6.45) is 7.56. The molecule has 2 aliphatic rings. The summed E-state index contributed by atoms with van der Waals surface area (Å²) in [6, 6.07) is 2.72. The summed E-state index contributed by atoms with van der Waals surface area (Å²) < 4.78 is 42.3. The minimum absolute atomic E-state index is 0.0497. The van der Waals surface area contributed by atoms with Crippen molar-refractivity contribution in [3.05, 3.63) is 34.5 Å². The molecule has 3 N–H and O–H groups in total. The van der Waals surface area contributed by atoms with Crippen LogP contribution in [0.15, 0.2) is 28.6 Å². The van der Waals surface area contributed by atoms with Crippen molar-refractivity contribution >= 4 is 43.8 Å². The number of aliphatic hydroxyl groups is 1. The third-order valence-corrected chi connectivity index (χ3v) is 8.58. The van der Waals surface area contributed by atoms with E-state index in [1.165, 1.54) is 6.20 Å². The Morgan fingerprint density at radius 3 is 2.81 bits per heavy atom. The highest BCUT2D eigenvalue weighted by Crippen LogP contribution is 2.34. The van der Waals surface area contributed by atoms with Crippen LogP contribution >= 0.6 is 22.9 Å². The highest BCUT2D eigenvalue weighted by molar-refractivity contribution is 7.93. The fraction of sp³-hybridized carbons (Fsp3) is 0.550. The van der Waals surface area contributed by atoms with Crippen LogP contribution in [-0.2, 0) is 10.0 Å².